The number of benzene rings is 1. The molecule has 0 unspecified atom stereocenters. The Morgan fingerprint density at radius 2 is 1.76 bits per heavy atom. The van der Waals surface area contributed by atoms with E-state index >= 15 is 0 Å². The van der Waals surface area contributed by atoms with Gasteiger partial charge in [0.15, 0.2) is 0 Å². The van der Waals surface area contributed by atoms with Crippen molar-refractivity contribution in [3.05, 3.63) is 35.4 Å². The van der Waals surface area contributed by atoms with Crippen LogP contribution in [0.2, 0.25) is 0 Å². The molecule has 0 spiro atoms. The lowest BCUT2D eigenvalue weighted by Crippen LogP contribution is -2.25. The van der Waals surface area contributed by atoms with E-state index in [9.17, 15) is 18.0 Å². The number of amides is 1. The zero-order valence-corrected chi connectivity index (χ0v) is 9.71. The van der Waals surface area contributed by atoms with E-state index in [4.69, 9.17) is 0 Å². The number of alkyl halides is 3. The van der Waals surface area contributed by atoms with Gasteiger partial charge in [-0.25, -0.2) is 0 Å². The number of hydrogen-bond acceptors (Lipinski definition) is 1. The maximum atomic E-state index is 12.3. The number of carbonyl (C=O) groups is 1. The Labute approximate surface area is 98.0 Å². The number of halogens is 3. The topological polar surface area (TPSA) is 20.3 Å². The van der Waals surface area contributed by atoms with Gasteiger partial charge in [0.05, 0.1) is 5.56 Å². The van der Waals surface area contributed by atoms with Crippen molar-refractivity contribution in [3.63, 3.8) is 0 Å². The molecule has 0 atom stereocenters. The van der Waals surface area contributed by atoms with Crippen LogP contribution < -0.4 is 0 Å². The fourth-order valence-electron chi connectivity index (χ4n) is 1.43. The van der Waals surface area contributed by atoms with Crippen LogP contribution in [0, 0.1) is 0 Å². The van der Waals surface area contributed by atoms with Crippen LogP contribution in [0.1, 0.15) is 24.5 Å². The van der Waals surface area contributed by atoms with Crippen LogP contribution in [0.4, 0.5) is 13.2 Å². The van der Waals surface area contributed by atoms with Crippen LogP contribution in [0.15, 0.2) is 24.3 Å². The highest BCUT2D eigenvalue weighted by Crippen LogP contribution is 2.29. The van der Waals surface area contributed by atoms with E-state index in [0.29, 0.717) is 18.5 Å². The Hall–Kier alpha value is -1.52. The molecule has 94 valence electrons. The lowest BCUT2D eigenvalue weighted by molar-refractivity contribution is -0.137. The summed E-state index contributed by atoms with van der Waals surface area (Å²) in [5, 5.41) is 0. The van der Waals surface area contributed by atoms with Crippen LogP contribution >= 0.6 is 0 Å². The summed E-state index contributed by atoms with van der Waals surface area (Å²) in [4.78, 5) is 12.8. The standard InChI is InChI=1S/C12H14F3NO/c1-3-11(17)16(2)8-9-4-6-10(7-5-9)12(13,14)15/h4-7H,3,8H2,1-2H3. The predicted octanol–water partition coefficient (Wildman–Crippen LogP) is 3.07. The average Bonchev–Trinajstić information content (AvgIpc) is 2.27. The summed E-state index contributed by atoms with van der Waals surface area (Å²) in [6.45, 7) is 2.07. The van der Waals surface area contributed by atoms with E-state index < -0.39 is 11.7 Å². The molecular formula is C12H14F3NO. The maximum absolute atomic E-state index is 12.3. The van der Waals surface area contributed by atoms with Crippen molar-refractivity contribution in [3.8, 4) is 0 Å². The number of rotatable bonds is 3. The molecule has 0 saturated heterocycles. The van der Waals surface area contributed by atoms with Gasteiger partial charge in [0.2, 0.25) is 5.91 Å². The Balaban J connectivity index is 2.72. The van der Waals surface area contributed by atoms with Crippen molar-refractivity contribution in [2.45, 2.75) is 26.1 Å². The third-order valence-corrected chi connectivity index (χ3v) is 2.43. The largest absolute Gasteiger partial charge is 0.416 e. The quantitative estimate of drug-likeness (QED) is 0.801. The molecule has 0 aliphatic heterocycles. The van der Waals surface area contributed by atoms with Crippen LogP contribution in [0.5, 0.6) is 0 Å². The molecule has 0 N–H and O–H groups in total. The summed E-state index contributed by atoms with van der Waals surface area (Å²) in [5.74, 6) is -0.0371. The molecule has 0 bridgehead atoms. The summed E-state index contributed by atoms with van der Waals surface area (Å²) in [5.41, 5.74) is 0.00743. The molecule has 0 radical (unpaired) electrons. The molecule has 2 nitrogen and oxygen atoms in total. The van der Waals surface area contributed by atoms with E-state index in [2.05, 4.69) is 0 Å². The van der Waals surface area contributed by atoms with Gasteiger partial charge >= 0.3 is 6.18 Å². The van der Waals surface area contributed by atoms with Gasteiger partial charge in [-0.15, -0.1) is 0 Å². The van der Waals surface area contributed by atoms with Gasteiger partial charge in [-0.2, -0.15) is 13.2 Å². The van der Waals surface area contributed by atoms with E-state index in [1.165, 1.54) is 17.0 Å². The van der Waals surface area contributed by atoms with Gasteiger partial charge in [-0.3, -0.25) is 4.79 Å². The van der Waals surface area contributed by atoms with Crippen molar-refractivity contribution in [2.75, 3.05) is 7.05 Å². The maximum Gasteiger partial charge on any atom is 0.416 e. The summed E-state index contributed by atoms with van der Waals surface area (Å²) in [6, 6.07) is 4.84. The second kappa shape index (κ2) is 5.21. The Bertz CT molecular complexity index is 384. The highest BCUT2D eigenvalue weighted by molar-refractivity contribution is 5.75. The zero-order valence-electron chi connectivity index (χ0n) is 9.71. The molecular weight excluding hydrogens is 231 g/mol. The molecule has 1 aromatic rings. The van der Waals surface area contributed by atoms with Crippen molar-refractivity contribution in [1.29, 1.82) is 0 Å². The smallest absolute Gasteiger partial charge is 0.341 e. The van der Waals surface area contributed by atoms with Gasteiger partial charge < -0.3 is 4.90 Å². The summed E-state index contributed by atoms with van der Waals surface area (Å²) in [6.07, 6.45) is -3.93. The van der Waals surface area contributed by atoms with E-state index in [1.807, 2.05) is 0 Å². The third kappa shape index (κ3) is 3.76. The molecule has 0 heterocycles. The molecule has 0 aliphatic rings. The van der Waals surface area contributed by atoms with E-state index in [-0.39, 0.29) is 5.91 Å². The number of carbonyl (C=O) groups excluding carboxylic acids is 1. The lowest BCUT2D eigenvalue weighted by Gasteiger charge is -2.16. The van der Waals surface area contributed by atoms with Crippen LogP contribution in [-0.2, 0) is 17.5 Å². The van der Waals surface area contributed by atoms with Gasteiger partial charge in [-0.1, -0.05) is 19.1 Å². The van der Waals surface area contributed by atoms with Crippen LogP contribution in [-0.4, -0.2) is 17.9 Å². The molecule has 1 amide bonds. The first-order valence-electron chi connectivity index (χ1n) is 5.24. The minimum atomic E-state index is -4.32. The molecule has 0 aromatic heterocycles. The molecule has 0 aliphatic carbocycles. The molecule has 1 rings (SSSR count). The Kier molecular flexibility index (Phi) is 4.15. The van der Waals surface area contributed by atoms with E-state index in [0.717, 1.165) is 12.1 Å². The zero-order chi connectivity index (χ0) is 13.1. The van der Waals surface area contributed by atoms with Crippen molar-refractivity contribution in [2.24, 2.45) is 0 Å². The van der Waals surface area contributed by atoms with Crippen molar-refractivity contribution < 1.29 is 18.0 Å². The van der Waals surface area contributed by atoms with Crippen LogP contribution in [0.3, 0.4) is 0 Å². The number of nitrogens with zero attached hydrogens (tertiary/aromatic N) is 1. The minimum Gasteiger partial charge on any atom is -0.341 e. The Morgan fingerprint density at radius 1 is 1.24 bits per heavy atom. The molecule has 17 heavy (non-hydrogen) atoms. The molecule has 1 aromatic carbocycles. The molecule has 0 fully saturated rings. The second-order valence-corrected chi connectivity index (χ2v) is 3.80. The van der Waals surface area contributed by atoms with Gasteiger partial charge in [0.1, 0.15) is 0 Å². The van der Waals surface area contributed by atoms with Gasteiger partial charge in [-0.05, 0) is 17.7 Å². The molecule has 0 saturated carbocycles. The fraction of sp³-hybridized carbons (Fsp3) is 0.417. The van der Waals surface area contributed by atoms with Gasteiger partial charge in [0.25, 0.3) is 0 Å². The molecule has 5 heteroatoms. The summed E-state index contributed by atoms with van der Waals surface area (Å²) >= 11 is 0. The SMILES string of the molecule is CCC(=O)N(C)Cc1ccc(C(F)(F)F)cc1. The first kappa shape index (κ1) is 13.5. The highest BCUT2D eigenvalue weighted by atomic mass is 19.4. The Morgan fingerprint density at radius 3 is 2.18 bits per heavy atom. The highest BCUT2D eigenvalue weighted by Gasteiger charge is 2.29. The second-order valence-electron chi connectivity index (χ2n) is 3.80. The van der Waals surface area contributed by atoms with E-state index in [1.54, 1.807) is 14.0 Å². The van der Waals surface area contributed by atoms with Gasteiger partial charge in [0, 0.05) is 20.0 Å². The lowest BCUT2D eigenvalue weighted by atomic mass is 10.1. The van der Waals surface area contributed by atoms with Crippen LogP contribution in [0.25, 0.3) is 0 Å². The monoisotopic (exact) mass is 245 g/mol. The fourth-order valence-corrected chi connectivity index (χ4v) is 1.43. The predicted molar refractivity (Wildman–Crippen MR) is 58.2 cm³/mol. The normalized spacial score (nSPS) is 11.4. The summed E-state index contributed by atoms with van der Waals surface area (Å²) in [7, 11) is 1.63. The number of hydrogen-bond donors (Lipinski definition) is 0. The average molecular weight is 245 g/mol. The summed E-state index contributed by atoms with van der Waals surface area (Å²) < 4.78 is 36.9. The van der Waals surface area contributed by atoms with Crippen molar-refractivity contribution >= 4 is 5.91 Å². The third-order valence-electron chi connectivity index (χ3n) is 2.43. The van der Waals surface area contributed by atoms with Crippen molar-refractivity contribution in [1.82, 2.24) is 4.90 Å². The minimum absolute atomic E-state index is 0.0371. The first-order valence-corrected chi connectivity index (χ1v) is 5.24. The first-order chi connectivity index (χ1) is 7.84.